The Balaban J connectivity index is 1.56. The Labute approximate surface area is 266 Å². The van der Waals surface area contributed by atoms with E-state index in [1.54, 1.807) is 6.33 Å². The first-order valence-electron chi connectivity index (χ1n) is 15.6. The van der Waals surface area contributed by atoms with Gasteiger partial charge in [0.25, 0.3) is 0 Å². The summed E-state index contributed by atoms with van der Waals surface area (Å²) in [5, 5.41) is 12.3. The van der Waals surface area contributed by atoms with Crippen molar-refractivity contribution in [2.75, 3.05) is 0 Å². The third-order valence-electron chi connectivity index (χ3n) is 8.69. The van der Waals surface area contributed by atoms with Crippen molar-refractivity contribution < 1.29 is 4.42 Å². The highest BCUT2D eigenvalue weighted by atomic mass is 16.3. The summed E-state index contributed by atoms with van der Waals surface area (Å²) in [7, 11) is 0. The van der Waals surface area contributed by atoms with Gasteiger partial charge in [-0.1, -0.05) is 117 Å². The van der Waals surface area contributed by atoms with Crippen molar-refractivity contribution in [3.05, 3.63) is 108 Å². The van der Waals surface area contributed by atoms with Gasteiger partial charge in [-0.05, 0) is 62.9 Å². The normalized spacial score (nSPS) is 12.5. The zero-order chi connectivity index (χ0) is 32.3. The van der Waals surface area contributed by atoms with Crippen molar-refractivity contribution >= 4 is 21.9 Å². The van der Waals surface area contributed by atoms with Gasteiger partial charge >= 0.3 is 0 Å². The summed E-state index contributed by atoms with van der Waals surface area (Å²) in [6, 6.07) is 30.0. The van der Waals surface area contributed by atoms with E-state index < -0.39 is 0 Å². The summed E-state index contributed by atoms with van der Waals surface area (Å²) in [5.41, 5.74) is 11.2. The van der Waals surface area contributed by atoms with Crippen molar-refractivity contribution in [3.63, 3.8) is 0 Å². The zero-order valence-corrected chi connectivity index (χ0v) is 27.8. The minimum absolute atomic E-state index is 0.108. The first kappa shape index (κ1) is 30.3. The highest BCUT2D eigenvalue weighted by Crippen LogP contribution is 2.45. The van der Waals surface area contributed by atoms with Gasteiger partial charge in [0, 0.05) is 33.0 Å². The lowest BCUT2D eigenvalue weighted by Gasteiger charge is -2.21. The van der Waals surface area contributed by atoms with Crippen LogP contribution in [0.15, 0.2) is 89.6 Å². The fraction of sp³-hybridized carbons (Fsp3) is 0.293. The number of benzene rings is 4. The van der Waals surface area contributed by atoms with Crippen molar-refractivity contribution in [1.82, 2.24) is 9.97 Å². The van der Waals surface area contributed by atoms with Crippen LogP contribution >= 0.6 is 0 Å². The van der Waals surface area contributed by atoms with Crippen LogP contribution in [0.4, 0.5) is 0 Å². The molecule has 0 fully saturated rings. The smallest absolute Gasteiger partial charge is 0.145 e. The predicted molar refractivity (Wildman–Crippen MR) is 186 cm³/mol. The SMILES string of the molecule is CC(C)(C)c1ccc(-c2ccc(-c3c(C#N)ccc4c3oc3c(-c5cc(C(C)(C)C)ncn5)ccc(C(C)(C)C)c34)cc2)cc1. The molecule has 0 radical (unpaired) electrons. The Morgan fingerprint density at radius 2 is 1.24 bits per heavy atom. The van der Waals surface area contributed by atoms with E-state index in [0.717, 1.165) is 61.1 Å². The molecule has 4 nitrogen and oxygen atoms in total. The lowest BCUT2D eigenvalue weighted by Crippen LogP contribution is -2.14. The maximum Gasteiger partial charge on any atom is 0.145 e. The molecule has 0 aliphatic rings. The second-order valence-corrected chi connectivity index (χ2v) is 15.1. The van der Waals surface area contributed by atoms with Gasteiger partial charge in [0.2, 0.25) is 0 Å². The predicted octanol–water partition coefficient (Wildman–Crippen LogP) is 11.1. The number of hydrogen-bond acceptors (Lipinski definition) is 4. The number of nitriles is 1. The molecule has 0 N–H and O–H groups in total. The first-order chi connectivity index (χ1) is 21.2. The van der Waals surface area contributed by atoms with Gasteiger partial charge in [-0.3, -0.25) is 0 Å². The lowest BCUT2D eigenvalue weighted by molar-refractivity contribution is 0.567. The van der Waals surface area contributed by atoms with Crippen LogP contribution in [-0.2, 0) is 16.2 Å². The third-order valence-corrected chi connectivity index (χ3v) is 8.69. The van der Waals surface area contributed by atoms with Crippen LogP contribution in [-0.4, -0.2) is 9.97 Å². The summed E-state index contributed by atoms with van der Waals surface area (Å²) in [6.45, 7) is 19.8. The van der Waals surface area contributed by atoms with E-state index in [1.807, 2.05) is 12.1 Å². The lowest BCUT2D eigenvalue weighted by atomic mass is 9.82. The molecular formula is C41H41N3O. The molecule has 226 valence electrons. The molecule has 0 unspecified atom stereocenters. The van der Waals surface area contributed by atoms with Gasteiger partial charge in [-0.25, -0.2) is 9.97 Å². The highest BCUT2D eigenvalue weighted by Gasteiger charge is 2.26. The summed E-state index contributed by atoms with van der Waals surface area (Å²) in [5.74, 6) is 0. The largest absolute Gasteiger partial charge is 0.455 e. The summed E-state index contributed by atoms with van der Waals surface area (Å²) < 4.78 is 6.88. The van der Waals surface area contributed by atoms with Crippen molar-refractivity contribution in [1.29, 1.82) is 5.26 Å². The molecule has 0 aliphatic carbocycles. The molecule has 0 atom stereocenters. The average Bonchev–Trinajstić information content (AvgIpc) is 3.38. The van der Waals surface area contributed by atoms with E-state index >= 15 is 0 Å². The Kier molecular flexibility index (Phi) is 7.20. The molecular weight excluding hydrogens is 550 g/mol. The van der Waals surface area contributed by atoms with Crippen LogP contribution in [0.3, 0.4) is 0 Å². The van der Waals surface area contributed by atoms with Crippen LogP contribution in [0, 0.1) is 11.3 Å². The molecule has 0 bridgehead atoms. The van der Waals surface area contributed by atoms with E-state index in [1.165, 1.54) is 11.1 Å². The van der Waals surface area contributed by atoms with Crippen LogP contribution in [0.2, 0.25) is 0 Å². The topological polar surface area (TPSA) is 62.7 Å². The van der Waals surface area contributed by atoms with Gasteiger partial charge in [-0.2, -0.15) is 5.26 Å². The van der Waals surface area contributed by atoms with Crippen LogP contribution in [0.1, 0.15) is 84.7 Å². The molecule has 2 heterocycles. The molecule has 4 aromatic carbocycles. The summed E-state index contributed by atoms with van der Waals surface area (Å²) in [4.78, 5) is 9.24. The summed E-state index contributed by atoms with van der Waals surface area (Å²) in [6.07, 6.45) is 1.64. The second-order valence-electron chi connectivity index (χ2n) is 15.1. The van der Waals surface area contributed by atoms with E-state index in [9.17, 15) is 5.26 Å². The minimum atomic E-state index is -0.131. The van der Waals surface area contributed by atoms with E-state index in [-0.39, 0.29) is 16.2 Å². The highest BCUT2D eigenvalue weighted by molar-refractivity contribution is 6.15. The monoisotopic (exact) mass is 591 g/mol. The second kappa shape index (κ2) is 10.7. The van der Waals surface area contributed by atoms with Crippen molar-refractivity contribution in [3.8, 4) is 39.6 Å². The van der Waals surface area contributed by atoms with Gasteiger partial charge in [0.1, 0.15) is 17.5 Å². The number of hydrogen-bond donors (Lipinski definition) is 0. The molecule has 6 rings (SSSR count). The number of aromatic nitrogens is 2. The molecule has 0 saturated carbocycles. The van der Waals surface area contributed by atoms with Gasteiger partial charge in [0.15, 0.2) is 0 Å². The number of rotatable bonds is 3. The van der Waals surface area contributed by atoms with Crippen molar-refractivity contribution in [2.45, 2.75) is 78.6 Å². The fourth-order valence-corrected chi connectivity index (χ4v) is 6.06. The van der Waals surface area contributed by atoms with Crippen LogP contribution < -0.4 is 0 Å². The number of furan rings is 1. The first-order valence-corrected chi connectivity index (χ1v) is 15.6. The maximum atomic E-state index is 10.3. The molecule has 0 aliphatic heterocycles. The van der Waals surface area contributed by atoms with E-state index in [0.29, 0.717) is 5.56 Å². The van der Waals surface area contributed by atoms with Gasteiger partial charge in [0.05, 0.1) is 17.3 Å². The molecule has 2 aromatic heterocycles. The Morgan fingerprint density at radius 1 is 0.622 bits per heavy atom. The molecule has 4 heteroatoms. The van der Waals surface area contributed by atoms with Gasteiger partial charge in [-0.15, -0.1) is 0 Å². The average molecular weight is 592 g/mol. The summed E-state index contributed by atoms with van der Waals surface area (Å²) >= 11 is 0. The maximum absolute atomic E-state index is 10.3. The zero-order valence-electron chi connectivity index (χ0n) is 27.8. The Hall–Kier alpha value is -4.75. The molecule has 6 aromatic rings. The number of nitrogens with zero attached hydrogens (tertiary/aromatic N) is 3. The molecule has 0 saturated heterocycles. The standard InChI is InChI=1S/C41H41N3O/c1-39(2,3)29-17-14-26(15-18-29)25-10-12-27(13-11-25)35-28(23-42)16-19-31-36-32(40(4,5)6)21-20-30(37(36)45-38(31)35)33-22-34(41(7,8)9)44-24-43-33/h10-22,24H,1-9H3. The van der Waals surface area contributed by atoms with E-state index in [4.69, 9.17) is 4.42 Å². The number of fused-ring (bicyclic) bond motifs is 3. The van der Waals surface area contributed by atoms with Crippen LogP contribution in [0.25, 0.3) is 55.4 Å². The fourth-order valence-electron chi connectivity index (χ4n) is 6.06. The Bertz CT molecular complexity index is 2090. The van der Waals surface area contributed by atoms with Crippen molar-refractivity contribution in [2.24, 2.45) is 0 Å². The Morgan fingerprint density at radius 3 is 1.82 bits per heavy atom. The van der Waals surface area contributed by atoms with Gasteiger partial charge < -0.3 is 4.42 Å². The third kappa shape index (κ3) is 5.53. The minimum Gasteiger partial charge on any atom is -0.455 e. The molecule has 0 amide bonds. The molecule has 45 heavy (non-hydrogen) atoms. The van der Waals surface area contributed by atoms with Crippen LogP contribution in [0.5, 0.6) is 0 Å². The molecule has 0 spiro atoms. The quantitative estimate of drug-likeness (QED) is 0.205. The van der Waals surface area contributed by atoms with E-state index in [2.05, 4.69) is 145 Å².